The fourth-order valence-electron chi connectivity index (χ4n) is 2.77. The van der Waals surface area contributed by atoms with Crippen molar-refractivity contribution in [3.05, 3.63) is 46.9 Å². The molecule has 0 aliphatic heterocycles. The highest BCUT2D eigenvalue weighted by Crippen LogP contribution is 2.28. The first kappa shape index (κ1) is 14.7. The summed E-state index contributed by atoms with van der Waals surface area (Å²) in [5.74, 6) is -0.635. The van der Waals surface area contributed by atoms with Crippen molar-refractivity contribution < 1.29 is 14.3 Å². The highest BCUT2D eigenvalue weighted by molar-refractivity contribution is 6.03. The second-order valence-corrected chi connectivity index (χ2v) is 4.96. The van der Waals surface area contributed by atoms with Crippen LogP contribution < -0.4 is 0 Å². The van der Waals surface area contributed by atoms with Crippen LogP contribution in [-0.4, -0.2) is 28.2 Å². The van der Waals surface area contributed by atoms with E-state index in [9.17, 15) is 14.9 Å². The predicted molar refractivity (Wildman–Crippen MR) is 83.5 cm³/mol. The SMILES string of the molecule is CCOC(=O)c1c(C=O)nc2c3ccccc3c(C#N)c(C)n12. The number of benzene rings is 1. The number of nitrogens with zero attached hydrogens (tertiary/aromatic N) is 3. The van der Waals surface area contributed by atoms with Gasteiger partial charge in [0.05, 0.1) is 12.2 Å². The van der Waals surface area contributed by atoms with Crippen molar-refractivity contribution in [1.82, 2.24) is 9.38 Å². The quantitative estimate of drug-likeness (QED) is 0.548. The number of hydrogen-bond donors (Lipinski definition) is 0. The third-order valence-electron chi connectivity index (χ3n) is 3.73. The van der Waals surface area contributed by atoms with Gasteiger partial charge in [-0.15, -0.1) is 0 Å². The molecular formula is C17H13N3O3. The van der Waals surface area contributed by atoms with Crippen molar-refractivity contribution in [2.24, 2.45) is 0 Å². The number of hydrogen-bond acceptors (Lipinski definition) is 5. The topological polar surface area (TPSA) is 84.5 Å². The van der Waals surface area contributed by atoms with E-state index in [2.05, 4.69) is 11.1 Å². The van der Waals surface area contributed by atoms with Crippen LogP contribution in [0, 0.1) is 18.3 Å². The third-order valence-corrected chi connectivity index (χ3v) is 3.73. The minimum Gasteiger partial charge on any atom is -0.461 e. The maximum absolute atomic E-state index is 12.3. The third kappa shape index (κ3) is 2.06. The summed E-state index contributed by atoms with van der Waals surface area (Å²) in [6.45, 7) is 3.59. The number of carbonyl (C=O) groups excluding carboxylic acids is 2. The summed E-state index contributed by atoms with van der Waals surface area (Å²) in [6, 6.07) is 9.44. The van der Waals surface area contributed by atoms with E-state index in [1.165, 1.54) is 4.40 Å². The standard InChI is InChI=1S/C17H13N3O3/c1-3-23-17(22)15-14(9-21)19-16-12-7-5-4-6-11(12)13(8-18)10(2)20(15)16/h4-7,9H,3H2,1-2H3. The Morgan fingerprint density at radius 1 is 1.39 bits per heavy atom. The lowest BCUT2D eigenvalue weighted by molar-refractivity contribution is 0.0515. The smallest absolute Gasteiger partial charge is 0.357 e. The summed E-state index contributed by atoms with van der Waals surface area (Å²) in [7, 11) is 0. The van der Waals surface area contributed by atoms with Gasteiger partial charge in [-0.05, 0) is 13.8 Å². The molecule has 2 heterocycles. The van der Waals surface area contributed by atoms with Gasteiger partial charge in [-0.25, -0.2) is 9.78 Å². The number of carbonyl (C=O) groups is 2. The van der Waals surface area contributed by atoms with Gasteiger partial charge in [-0.2, -0.15) is 5.26 Å². The van der Waals surface area contributed by atoms with E-state index in [1.807, 2.05) is 24.3 Å². The molecule has 0 aliphatic carbocycles. The van der Waals surface area contributed by atoms with Gasteiger partial charge in [0.15, 0.2) is 12.0 Å². The summed E-state index contributed by atoms with van der Waals surface area (Å²) in [5, 5.41) is 10.9. The van der Waals surface area contributed by atoms with E-state index in [1.54, 1.807) is 13.8 Å². The molecule has 0 N–H and O–H groups in total. The average molecular weight is 307 g/mol. The summed E-state index contributed by atoms with van der Waals surface area (Å²) < 4.78 is 6.57. The number of rotatable bonds is 3. The molecule has 3 rings (SSSR count). The summed E-state index contributed by atoms with van der Waals surface area (Å²) >= 11 is 0. The molecule has 0 spiro atoms. The molecule has 0 aliphatic rings. The van der Waals surface area contributed by atoms with Crippen LogP contribution in [0.4, 0.5) is 0 Å². The lowest BCUT2D eigenvalue weighted by Crippen LogP contribution is -2.12. The molecular weight excluding hydrogens is 294 g/mol. The highest BCUT2D eigenvalue weighted by atomic mass is 16.5. The number of aromatic nitrogens is 2. The van der Waals surface area contributed by atoms with Crippen molar-refractivity contribution in [2.45, 2.75) is 13.8 Å². The Labute approximate surface area is 131 Å². The fraction of sp³-hybridized carbons (Fsp3) is 0.176. The van der Waals surface area contributed by atoms with Crippen molar-refractivity contribution in [2.75, 3.05) is 6.61 Å². The van der Waals surface area contributed by atoms with Crippen LogP contribution in [0.1, 0.15) is 39.2 Å². The van der Waals surface area contributed by atoms with Crippen LogP contribution in [0.25, 0.3) is 16.4 Å². The van der Waals surface area contributed by atoms with Crippen molar-refractivity contribution >= 4 is 28.7 Å². The predicted octanol–water partition coefficient (Wildman–Crippen LogP) is 2.66. The Kier molecular flexibility index (Phi) is 3.54. The first-order valence-electron chi connectivity index (χ1n) is 7.10. The molecule has 2 aromatic heterocycles. The molecule has 0 atom stereocenters. The zero-order valence-electron chi connectivity index (χ0n) is 12.7. The van der Waals surface area contributed by atoms with Crippen LogP contribution >= 0.6 is 0 Å². The Morgan fingerprint density at radius 2 is 2.09 bits per heavy atom. The minimum atomic E-state index is -0.635. The second kappa shape index (κ2) is 5.54. The number of ether oxygens (including phenoxy) is 1. The van der Waals surface area contributed by atoms with Gasteiger partial charge in [0, 0.05) is 16.5 Å². The Bertz CT molecular complexity index is 996. The molecule has 1 aromatic carbocycles. The Hall–Kier alpha value is -3.20. The number of aryl methyl sites for hydroxylation is 1. The van der Waals surface area contributed by atoms with Crippen molar-refractivity contribution in [3.8, 4) is 6.07 Å². The van der Waals surface area contributed by atoms with Gasteiger partial charge < -0.3 is 4.74 Å². The maximum atomic E-state index is 12.3. The normalized spacial score (nSPS) is 10.7. The van der Waals surface area contributed by atoms with Crippen LogP contribution in [-0.2, 0) is 4.74 Å². The van der Waals surface area contributed by atoms with Crippen LogP contribution in [0.15, 0.2) is 24.3 Å². The average Bonchev–Trinajstić information content (AvgIpc) is 2.96. The summed E-state index contributed by atoms with van der Waals surface area (Å²) in [4.78, 5) is 27.9. The van der Waals surface area contributed by atoms with Crippen LogP contribution in [0.2, 0.25) is 0 Å². The molecule has 0 radical (unpaired) electrons. The van der Waals surface area contributed by atoms with E-state index in [4.69, 9.17) is 4.74 Å². The van der Waals surface area contributed by atoms with E-state index in [0.717, 1.165) is 5.39 Å². The Morgan fingerprint density at radius 3 is 2.70 bits per heavy atom. The molecule has 3 aromatic rings. The summed E-state index contributed by atoms with van der Waals surface area (Å²) in [5.41, 5.74) is 1.50. The lowest BCUT2D eigenvalue weighted by atomic mass is 10.0. The molecule has 0 amide bonds. The largest absolute Gasteiger partial charge is 0.461 e. The van der Waals surface area contributed by atoms with Gasteiger partial charge in [0.25, 0.3) is 0 Å². The molecule has 6 nitrogen and oxygen atoms in total. The summed E-state index contributed by atoms with van der Waals surface area (Å²) in [6.07, 6.45) is 0.527. The molecule has 0 unspecified atom stereocenters. The lowest BCUT2D eigenvalue weighted by Gasteiger charge is -2.10. The van der Waals surface area contributed by atoms with E-state index in [0.29, 0.717) is 28.6 Å². The molecule has 6 heteroatoms. The first-order chi connectivity index (χ1) is 11.1. The van der Waals surface area contributed by atoms with Gasteiger partial charge in [0.2, 0.25) is 0 Å². The van der Waals surface area contributed by atoms with Crippen LogP contribution in [0.3, 0.4) is 0 Å². The van der Waals surface area contributed by atoms with E-state index in [-0.39, 0.29) is 18.0 Å². The number of fused-ring (bicyclic) bond motifs is 3. The Balaban J connectivity index is 2.55. The molecule has 0 fully saturated rings. The molecule has 0 saturated heterocycles. The fourth-order valence-corrected chi connectivity index (χ4v) is 2.77. The van der Waals surface area contributed by atoms with E-state index < -0.39 is 5.97 Å². The van der Waals surface area contributed by atoms with Gasteiger partial charge in [0.1, 0.15) is 17.4 Å². The number of esters is 1. The van der Waals surface area contributed by atoms with Gasteiger partial charge >= 0.3 is 5.97 Å². The molecule has 23 heavy (non-hydrogen) atoms. The van der Waals surface area contributed by atoms with Gasteiger partial charge in [-0.3, -0.25) is 9.20 Å². The zero-order valence-corrected chi connectivity index (χ0v) is 12.7. The minimum absolute atomic E-state index is 0.00629. The molecule has 0 saturated carbocycles. The number of imidazole rings is 1. The molecule has 0 bridgehead atoms. The maximum Gasteiger partial charge on any atom is 0.357 e. The van der Waals surface area contributed by atoms with Crippen molar-refractivity contribution in [1.29, 1.82) is 5.26 Å². The number of pyridine rings is 1. The second-order valence-electron chi connectivity index (χ2n) is 4.96. The van der Waals surface area contributed by atoms with Crippen molar-refractivity contribution in [3.63, 3.8) is 0 Å². The van der Waals surface area contributed by atoms with E-state index >= 15 is 0 Å². The van der Waals surface area contributed by atoms with Crippen LogP contribution in [0.5, 0.6) is 0 Å². The number of nitriles is 1. The van der Waals surface area contributed by atoms with Gasteiger partial charge in [-0.1, -0.05) is 24.3 Å². The zero-order chi connectivity index (χ0) is 16.6. The monoisotopic (exact) mass is 307 g/mol. The first-order valence-corrected chi connectivity index (χ1v) is 7.10. The highest BCUT2D eigenvalue weighted by Gasteiger charge is 2.24. The molecule has 114 valence electrons. The number of aldehydes is 1.